The minimum Gasteiger partial charge on any atom is -0.356 e. The number of imidazole rings is 1. The monoisotopic (exact) mass is 463 g/mol. The molecule has 0 saturated carbocycles. The Labute approximate surface area is 171 Å². The lowest BCUT2D eigenvalue weighted by atomic mass is 10.1. The predicted molar refractivity (Wildman–Crippen MR) is 119 cm³/mol. The topological polar surface area (TPSA) is 65.1 Å². The summed E-state index contributed by atoms with van der Waals surface area (Å²) in [6.45, 7) is 3.72. The highest BCUT2D eigenvalue weighted by Gasteiger charge is 2.04. The summed E-state index contributed by atoms with van der Waals surface area (Å²) in [4.78, 5) is 12.2. The van der Waals surface area contributed by atoms with Gasteiger partial charge in [0.05, 0.1) is 11.0 Å². The van der Waals surface area contributed by atoms with Crippen LogP contribution in [0.1, 0.15) is 23.9 Å². The maximum atomic E-state index is 4.60. The lowest BCUT2D eigenvalue weighted by Crippen LogP contribution is -2.38. The van der Waals surface area contributed by atoms with E-state index in [1.807, 2.05) is 24.3 Å². The molecule has 3 aromatic rings. The smallest absolute Gasteiger partial charge is 0.191 e. The Balaban J connectivity index is 0.00000243. The number of benzene rings is 2. The highest BCUT2D eigenvalue weighted by atomic mass is 127. The van der Waals surface area contributed by atoms with E-state index in [0.29, 0.717) is 0 Å². The van der Waals surface area contributed by atoms with Crippen LogP contribution in [0.3, 0.4) is 0 Å². The minimum atomic E-state index is 0. The molecule has 0 spiro atoms. The minimum absolute atomic E-state index is 0. The average Bonchev–Trinajstić information content (AvgIpc) is 3.07. The summed E-state index contributed by atoms with van der Waals surface area (Å²) in [5, 5.41) is 6.73. The number of nitrogens with zero attached hydrogens (tertiary/aromatic N) is 2. The first-order valence-electron chi connectivity index (χ1n) is 8.75. The number of H-pyrrole nitrogens is 1. The van der Waals surface area contributed by atoms with E-state index >= 15 is 0 Å². The summed E-state index contributed by atoms with van der Waals surface area (Å²) < 4.78 is 0. The Hall–Kier alpha value is -2.09. The van der Waals surface area contributed by atoms with Crippen molar-refractivity contribution in [3.05, 3.63) is 65.5 Å². The first kappa shape index (κ1) is 20.2. The van der Waals surface area contributed by atoms with Crippen LogP contribution >= 0.6 is 24.0 Å². The number of hydrogen-bond acceptors (Lipinski definition) is 2. The molecule has 3 rings (SSSR count). The van der Waals surface area contributed by atoms with Gasteiger partial charge in [0.25, 0.3) is 0 Å². The number of aryl methyl sites for hydroxylation is 1. The fourth-order valence-electron chi connectivity index (χ4n) is 2.90. The van der Waals surface area contributed by atoms with Gasteiger partial charge in [0.2, 0.25) is 0 Å². The molecule has 0 fully saturated rings. The van der Waals surface area contributed by atoms with Gasteiger partial charge in [0, 0.05) is 26.6 Å². The van der Waals surface area contributed by atoms with E-state index in [9.17, 15) is 0 Å². The van der Waals surface area contributed by atoms with Gasteiger partial charge in [-0.05, 0) is 29.7 Å². The van der Waals surface area contributed by atoms with Crippen molar-refractivity contribution >= 4 is 41.0 Å². The van der Waals surface area contributed by atoms with Gasteiger partial charge in [0.15, 0.2) is 5.96 Å². The second kappa shape index (κ2) is 10.2. The van der Waals surface area contributed by atoms with Crippen LogP contribution in [0.25, 0.3) is 11.0 Å². The predicted octanol–water partition coefficient (Wildman–Crippen LogP) is 3.65. The highest BCUT2D eigenvalue weighted by molar-refractivity contribution is 14.0. The second-order valence-electron chi connectivity index (χ2n) is 5.93. The molecule has 6 heteroatoms. The van der Waals surface area contributed by atoms with E-state index in [4.69, 9.17) is 0 Å². The maximum absolute atomic E-state index is 4.60. The van der Waals surface area contributed by atoms with E-state index in [1.54, 1.807) is 7.05 Å². The third-order valence-corrected chi connectivity index (χ3v) is 4.26. The zero-order chi connectivity index (χ0) is 17.5. The van der Waals surface area contributed by atoms with Crippen molar-refractivity contribution in [2.75, 3.05) is 13.6 Å². The standard InChI is InChI=1S/C20H25N5.HI/c1-3-15-8-4-5-9-16(15)14-23-20(21-2)22-13-12-19-24-17-10-6-7-11-18(17)25-19;/h4-11H,3,12-14H2,1-2H3,(H,24,25)(H2,21,22,23);1H. The zero-order valence-corrected chi connectivity index (χ0v) is 17.6. The molecule has 0 aliphatic rings. The van der Waals surface area contributed by atoms with Gasteiger partial charge >= 0.3 is 0 Å². The molecule has 0 saturated heterocycles. The molecule has 3 N–H and O–H groups in total. The fraction of sp³-hybridized carbons (Fsp3) is 0.300. The normalized spacial score (nSPS) is 11.2. The van der Waals surface area contributed by atoms with Crippen molar-refractivity contribution in [3.63, 3.8) is 0 Å². The first-order chi connectivity index (χ1) is 12.3. The number of guanidine groups is 1. The molecule has 138 valence electrons. The molecule has 0 unspecified atom stereocenters. The largest absolute Gasteiger partial charge is 0.356 e. The SMILES string of the molecule is CCc1ccccc1CNC(=NC)NCCc1nc2ccccc2[nH]1.I. The molecule has 5 nitrogen and oxygen atoms in total. The fourth-order valence-corrected chi connectivity index (χ4v) is 2.90. The summed E-state index contributed by atoms with van der Waals surface area (Å²) in [6.07, 6.45) is 1.86. The van der Waals surface area contributed by atoms with Gasteiger partial charge in [-0.15, -0.1) is 24.0 Å². The third kappa shape index (κ3) is 5.20. The summed E-state index contributed by atoms with van der Waals surface area (Å²) in [7, 11) is 1.79. The van der Waals surface area contributed by atoms with Gasteiger partial charge in [-0.3, -0.25) is 4.99 Å². The summed E-state index contributed by atoms with van der Waals surface area (Å²) in [5.41, 5.74) is 4.77. The van der Waals surface area contributed by atoms with Crippen molar-refractivity contribution in [3.8, 4) is 0 Å². The molecule has 2 aromatic carbocycles. The van der Waals surface area contributed by atoms with Crippen molar-refractivity contribution < 1.29 is 0 Å². The van der Waals surface area contributed by atoms with Crippen molar-refractivity contribution in [2.24, 2.45) is 4.99 Å². The van der Waals surface area contributed by atoms with Crippen LogP contribution in [-0.2, 0) is 19.4 Å². The van der Waals surface area contributed by atoms with Crippen LogP contribution in [0.15, 0.2) is 53.5 Å². The summed E-state index contributed by atoms with van der Waals surface area (Å²) in [5.74, 6) is 1.79. The Bertz CT molecular complexity index is 823. The van der Waals surface area contributed by atoms with Gasteiger partial charge in [0.1, 0.15) is 5.82 Å². The van der Waals surface area contributed by atoms with Crippen LogP contribution in [0.5, 0.6) is 0 Å². The van der Waals surface area contributed by atoms with Gasteiger partial charge in [-0.1, -0.05) is 43.3 Å². The van der Waals surface area contributed by atoms with Crippen LogP contribution in [0.4, 0.5) is 0 Å². The number of halogens is 1. The highest BCUT2D eigenvalue weighted by Crippen LogP contribution is 2.10. The number of rotatable bonds is 6. The molecule has 0 atom stereocenters. The Morgan fingerprint density at radius 3 is 2.50 bits per heavy atom. The van der Waals surface area contributed by atoms with Crippen LogP contribution < -0.4 is 10.6 Å². The number of aromatic nitrogens is 2. The quantitative estimate of drug-likeness (QED) is 0.297. The van der Waals surface area contributed by atoms with E-state index < -0.39 is 0 Å². The number of aliphatic imine (C=N–C) groups is 1. The molecule has 0 aliphatic heterocycles. The molecule has 26 heavy (non-hydrogen) atoms. The molecule has 0 bridgehead atoms. The lowest BCUT2D eigenvalue weighted by Gasteiger charge is -2.13. The van der Waals surface area contributed by atoms with E-state index in [2.05, 4.69) is 56.8 Å². The molecule has 1 aromatic heterocycles. The van der Waals surface area contributed by atoms with Crippen LogP contribution in [0, 0.1) is 0 Å². The van der Waals surface area contributed by atoms with Gasteiger partial charge < -0.3 is 15.6 Å². The molecule has 0 amide bonds. The summed E-state index contributed by atoms with van der Waals surface area (Å²) >= 11 is 0. The second-order valence-corrected chi connectivity index (χ2v) is 5.93. The molecule has 1 heterocycles. The van der Waals surface area contributed by atoms with E-state index in [1.165, 1.54) is 11.1 Å². The maximum Gasteiger partial charge on any atom is 0.191 e. The number of nitrogens with one attached hydrogen (secondary N) is 3. The molecular formula is C20H26IN5. The summed E-state index contributed by atoms with van der Waals surface area (Å²) in [6, 6.07) is 16.6. The number of fused-ring (bicyclic) bond motifs is 1. The Morgan fingerprint density at radius 2 is 1.77 bits per heavy atom. The average molecular weight is 463 g/mol. The molecule has 0 aliphatic carbocycles. The Morgan fingerprint density at radius 1 is 1.04 bits per heavy atom. The number of aromatic amines is 1. The number of hydrogen-bond donors (Lipinski definition) is 3. The molecule has 0 radical (unpaired) electrons. The van der Waals surface area contributed by atoms with E-state index in [0.717, 1.165) is 48.7 Å². The third-order valence-electron chi connectivity index (χ3n) is 4.26. The van der Waals surface area contributed by atoms with Crippen molar-refractivity contribution in [1.82, 2.24) is 20.6 Å². The first-order valence-corrected chi connectivity index (χ1v) is 8.75. The van der Waals surface area contributed by atoms with Crippen LogP contribution in [-0.4, -0.2) is 29.5 Å². The van der Waals surface area contributed by atoms with Crippen molar-refractivity contribution in [2.45, 2.75) is 26.3 Å². The van der Waals surface area contributed by atoms with Crippen LogP contribution in [0.2, 0.25) is 0 Å². The van der Waals surface area contributed by atoms with E-state index in [-0.39, 0.29) is 24.0 Å². The van der Waals surface area contributed by atoms with Gasteiger partial charge in [-0.25, -0.2) is 4.98 Å². The molecular weight excluding hydrogens is 437 g/mol. The zero-order valence-electron chi connectivity index (χ0n) is 15.2. The van der Waals surface area contributed by atoms with Crippen molar-refractivity contribution in [1.29, 1.82) is 0 Å². The lowest BCUT2D eigenvalue weighted by molar-refractivity contribution is 0.774. The Kier molecular flexibility index (Phi) is 7.90. The van der Waals surface area contributed by atoms with Gasteiger partial charge in [-0.2, -0.15) is 0 Å². The number of para-hydroxylation sites is 2.